The Labute approximate surface area is 159 Å². The van der Waals surface area contributed by atoms with Crippen LogP contribution in [0.5, 0.6) is 0 Å². The molecular formula is C18H19Cl3N2O. The third kappa shape index (κ3) is 4.99. The van der Waals surface area contributed by atoms with E-state index in [1.165, 1.54) is 0 Å². The van der Waals surface area contributed by atoms with Crippen LogP contribution < -0.4 is 5.32 Å². The van der Waals surface area contributed by atoms with E-state index in [-0.39, 0.29) is 24.8 Å². The molecule has 6 heteroatoms. The number of furan rings is 1. The minimum absolute atomic E-state index is 0. The van der Waals surface area contributed by atoms with Crippen molar-refractivity contribution in [3.63, 3.8) is 0 Å². The average molecular weight is 386 g/mol. The van der Waals surface area contributed by atoms with Gasteiger partial charge >= 0.3 is 0 Å². The third-order valence-electron chi connectivity index (χ3n) is 3.55. The van der Waals surface area contributed by atoms with Crippen molar-refractivity contribution in [1.29, 1.82) is 0 Å². The molecule has 0 bridgehead atoms. The zero-order valence-corrected chi connectivity index (χ0v) is 15.5. The minimum Gasteiger partial charge on any atom is -0.460 e. The van der Waals surface area contributed by atoms with Gasteiger partial charge in [0.25, 0.3) is 0 Å². The lowest BCUT2D eigenvalue weighted by molar-refractivity contribution is 0.493. The molecule has 0 spiro atoms. The van der Waals surface area contributed by atoms with E-state index in [0.717, 1.165) is 39.8 Å². The molecule has 0 fully saturated rings. The molecule has 0 saturated carbocycles. The van der Waals surface area contributed by atoms with Crippen LogP contribution in [0.1, 0.15) is 16.9 Å². The van der Waals surface area contributed by atoms with Crippen molar-refractivity contribution in [3.05, 3.63) is 76.8 Å². The summed E-state index contributed by atoms with van der Waals surface area (Å²) in [5, 5.41) is 4.10. The first kappa shape index (κ1) is 20.5. The molecule has 0 radical (unpaired) electrons. The Morgan fingerprint density at radius 1 is 1.04 bits per heavy atom. The van der Waals surface area contributed by atoms with Gasteiger partial charge in [-0.1, -0.05) is 29.8 Å². The molecule has 0 aliphatic carbocycles. The van der Waals surface area contributed by atoms with Gasteiger partial charge in [-0.3, -0.25) is 4.98 Å². The second kappa shape index (κ2) is 9.70. The molecule has 1 N–H and O–H groups in total. The molecule has 0 atom stereocenters. The van der Waals surface area contributed by atoms with Crippen LogP contribution in [0.4, 0.5) is 0 Å². The Bertz CT molecular complexity index is 760. The molecule has 128 valence electrons. The van der Waals surface area contributed by atoms with Gasteiger partial charge in [0, 0.05) is 29.5 Å². The second-order valence-corrected chi connectivity index (χ2v) is 5.55. The van der Waals surface area contributed by atoms with E-state index in [0.29, 0.717) is 6.54 Å². The van der Waals surface area contributed by atoms with Crippen LogP contribution in [0, 0.1) is 6.92 Å². The predicted molar refractivity (Wildman–Crippen MR) is 103 cm³/mol. The van der Waals surface area contributed by atoms with Gasteiger partial charge in [0.05, 0.1) is 6.54 Å². The first-order valence-corrected chi connectivity index (χ1v) is 7.55. The SMILES string of the molecule is Cc1c(Cl)cccc1-c1ccc(CNCc2cccnc2)o1.Cl.Cl. The van der Waals surface area contributed by atoms with Gasteiger partial charge in [-0.2, -0.15) is 0 Å². The molecule has 2 aromatic heterocycles. The van der Waals surface area contributed by atoms with Gasteiger partial charge in [0.15, 0.2) is 0 Å². The summed E-state index contributed by atoms with van der Waals surface area (Å²) in [7, 11) is 0. The van der Waals surface area contributed by atoms with Crippen molar-refractivity contribution in [2.24, 2.45) is 0 Å². The van der Waals surface area contributed by atoms with E-state index < -0.39 is 0 Å². The first-order valence-electron chi connectivity index (χ1n) is 7.18. The van der Waals surface area contributed by atoms with Gasteiger partial charge < -0.3 is 9.73 Å². The van der Waals surface area contributed by atoms with Gasteiger partial charge in [0.2, 0.25) is 0 Å². The number of aromatic nitrogens is 1. The highest BCUT2D eigenvalue weighted by Crippen LogP contribution is 2.29. The monoisotopic (exact) mass is 384 g/mol. The molecule has 3 aromatic rings. The van der Waals surface area contributed by atoms with Crippen LogP contribution in [-0.2, 0) is 13.1 Å². The average Bonchev–Trinajstić information content (AvgIpc) is 3.00. The molecule has 1 aromatic carbocycles. The number of nitrogens with one attached hydrogen (secondary N) is 1. The van der Waals surface area contributed by atoms with Gasteiger partial charge in [0.1, 0.15) is 11.5 Å². The Hall–Kier alpha value is -1.52. The highest BCUT2D eigenvalue weighted by Gasteiger charge is 2.09. The lowest BCUT2D eigenvalue weighted by Gasteiger charge is -2.05. The third-order valence-corrected chi connectivity index (χ3v) is 3.96. The van der Waals surface area contributed by atoms with E-state index in [9.17, 15) is 0 Å². The standard InChI is InChI=1S/C18H17ClN2O.2ClH/c1-13-16(5-2-6-17(13)19)18-8-7-15(22-18)12-21-11-14-4-3-9-20-10-14;;/h2-10,21H,11-12H2,1H3;2*1H. The second-order valence-electron chi connectivity index (χ2n) is 5.14. The summed E-state index contributed by atoms with van der Waals surface area (Å²) >= 11 is 6.16. The maximum absolute atomic E-state index is 6.16. The van der Waals surface area contributed by atoms with Crippen molar-refractivity contribution < 1.29 is 4.42 Å². The zero-order chi connectivity index (χ0) is 15.4. The number of hydrogen-bond acceptors (Lipinski definition) is 3. The Morgan fingerprint density at radius 3 is 2.62 bits per heavy atom. The molecule has 0 aliphatic rings. The summed E-state index contributed by atoms with van der Waals surface area (Å²) in [6.07, 6.45) is 3.63. The van der Waals surface area contributed by atoms with Gasteiger partial charge in [-0.15, -0.1) is 24.8 Å². The van der Waals surface area contributed by atoms with Crippen molar-refractivity contribution in [2.75, 3.05) is 0 Å². The lowest BCUT2D eigenvalue weighted by atomic mass is 10.1. The summed E-state index contributed by atoms with van der Waals surface area (Å²) < 4.78 is 5.91. The molecule has 3 rings (SSSR count). The lowest BCUT2D eigenvalue weighted by Crippen LogP contribution is -2.12. The smallest absolute Gasteiger partial charge is 0.134 e. The van der Waals surface area contributed by atoms with Crippen molar-refractivity contribution >= 4 is 36.4 Å². The molecule has 3 nitrogen and oxygen atoms in total. The van der Waals surface area contributed by atoms with Crippen molar-refractivity contribution in [1.82, 2.24) is 10.3 Å². The topological polar surface area (TPSA) is 38.1 Å². The van der Waals surface area contributed by atoms with E-state index in [4.69, 9.17) is 16.0 Å². The number of benzene rings is 1. The number of pyridine rings is 1. The maximum atomic E-state index is 6.16. The fourth-order valence-electron chi connectivity index (χ4n) is 2.32. The Kier molecular flexibility index (Phi) is 8.29. The normalized spacial score (nSPS) is 9.92. The summed E-state index contributed by atoms with van der Waals surface area (Å²) in [6.45, 7) is 3.44. The molecule has 0 unspecified atom stereocenters. The Balaban J connectivity index is 0.00000144. The molecule has 0 amide bonds. The van der Waals surface area contributed by atoms with Crippen LogP contribution in [-0.4, -0.2) is 4.98 Å². The summed E-state index contributed by atoms with van der Waals surface area (Å²) in [6, 6.07) is 13.8. The number of rotatable bonds is 5. The van der Waals surface area contributed by atoms with Crippen LogP contribution >= 0.6 is 36.4 Å². The van der Waals surface area contributed by atoms with E-state index in [1.54, 1.807) is 6.20 Å². The maximum Gasteiger partial charge on any atom is 0.134 e. The highest BCUT2D eigenvalue weighted by molar-refractivity contribution is 6.31. The van der Waals surface area contributed by atoms with Gasteiger partial charge in [-0.05, 0) is 42.3 Å². The zero-order valence-electron chi connectivity index (χ0n) is 13.2. The number of halogens is 3. The summed E-state index contributed by atoms with van der Waals surface area (Å²) in [4.78, 5) is 4.10. The molecule has 24 heavy (non-hydrogen) atoms. The predicted octanol–water partition coefficient (Wildman–Crippen LogP) is 5.44. The van der Waals surface area contributed by atoms with E-state index >= 15 is 0 Å². The van der Waals surface area contributed by atoms with Crippen LogP contribution in [0.3, 0.4) is 0 Å². The summed E-state index contributed by atoms with van der Waals surface area (Å²) in [5.41, 5.74) is 3.22. The highest BCUT2D eigenvalue weighted by atomic mass is 35.5. The molecule has 0 aliphatic heterocycles. The molecular weight excluding hydrogens is 367 g/mol. The van der Waals surface area contributed by atoms with Crippen LogP contribution in [0.2, 0.25) is 5.02 Å². The first-order chi connectivity index (χ1) is 10.7. The Morgan fingerprint density at radius 2 is 1.88 bits per heavy atom. The fourth-order valence-corrected chi connectivity index (χ4v) is 2.50. The number of nitrogens with zero attached hydrogens (tertiary/aromatic N) is 1. The van der Waals surface area contributed by atoms with Gasteiger partial charge in [-0.25, -0.2) is 0 Å². The quantitative estimate of drug-likeness (QED) is 0.636. The van der Waals surface area contributed by atoms with Crippen molar-refractivity contribution in [2.45, 2.75) is 20.0 Å². The summed E-state index contributed by atoms with van der Waals surface area (Å²) in [5.74, 6) is 1.75. The fraction of sp³-hybridized carbons (Fsp3) is 0.167. The number of hydrogen-bond donors (Lipinski definition) is 1. The van der Waals surface area contributed by atoms with Crippen molar-refractivity contribution in [3.8, 4) is 11.3 Å². The van der Waals surface area contributed by atoms with Crippen LogP contribution in [0.15, 0.2) is 59.3 Å². The van der Waals surface area contributed by atoms with E-state index in [1.807, 2.05) is 55.6 Å². The largest absolute Gasteiger partial charge is 0.460 e. The van der Waals surface area contributed by atoms with Crippen LogP contribution in [0.25, 0.3) is 11.3 Å². The molecule has 0 saturated heterocycles. The minimum atomic E-state index is 0. The molecule has 2 heterocycles. The van der Waals surface area contributed by atoms with E-state index in [2.05, 4.69) is 10.3 Å².